The molecular formula is C11H12N2O3. The van der Waals surface area contributed by atoms with E-state index >= 15 is 0 Å². The van der Waals surface area contributed by atoms with E-state index in [1.165, 1.54) is 0 Å². The summed E-state index contributed by atoms with van der Waals surface area (Å²) in [7, 11) is 1.78. The van der Waals surface area contributed by atoms with Crippen molar-refractivity contribution >= 4 is 6.03 Å². The standard InChI is InChI=1S/C11H12N2O3/c1-13-5-8(12-11(13)14)7-2-3-9-10(4-7)16-6-15-9/h2-4,8H,5-6H2,1H3,(H,12,14). The van der Waals surface area contributed by atoms with E-state index in [1.807, 2.05) is 18.2 Å². The van der Waals surface area contributed by atoms with Gasteiger partial charge in [-0.15, -0.1) is 0 Å². The maximum Gasteiger partial charge on any atom is 0.317 e. The number of rotatable bonds is 1. The summed E-state index contributed by atoms with van der Waals surface area (Å²) in [6, 6.07) is 5.75. The monoisotopic (exact) mass is 220 g/mol. The Hall–Kier alpha value is -1.91. The third-order valence-electron chi connectivity index (χ3n) is 2.90. The minimum absolute atomic E-state index is 0.0343. The Morgan fingerprint density at radius 3 is 2.94 bits per heavy atom. The molecule has 1 atom stereocenters. The third kappa shape index (κ3) is 1.36. The van der Waals surface area contributed by atoms with Crippen molar-refractivity contribution in [1.29, 1.82) is 0 Å². The zero-order valence-electron chi connectivity index (χ0n) is 8.90. The van der Waals surface area contributed by atoms with Gasteiger partial charge in [-0.3, -0.25) is 0 Å². The Labute approximate surface area is 92.9 Å². The van der Waals surface area contributed by atoms with Gasteiger partial charge in [0.05, 0.1) is 6.04 Å². The van der Waals surface area contributed by atoms with Crippen molar-refractivity contribution in [1.82, 2.24) is 10.2 Å². The van der Waals surface area contributed by atoms with Gasteiger partial charge in [-0.25, -0.2) is 4.79 Å². The van der Waals surface area contributed by atoms with Crippen LogP contribution >= 0.6 is 0 Å². The number of fused-ring (bicyclic) bond motifs is 1. The number of nitrogens with one attached hydrogen (secondary N) is 1. The number of carbonyl (C=O) groups excluding carboxylic acids is 1. The lowest BCUT2D eigenvalue weighted by molar-refractivity contribution is 0.174. The molecule has 0 bridgehead atoms. The molecule has 1 aromatic carbocycles. The first-order chi connectivity index (χ1) is 7.74. The number of ether oxygens (including phenoxy) is 2. The molecule has 1 unspecified atom stereocenters. The minimum atomic E-state index is -0.0392. The van der Waals surface area contributed by atoms with Crippen molar-refractivity contribution in [2.24, 2.45) is 0 Å². The van der Waals surface area contributed by atoms with Crippen LogP contribution in [0.25, 0.3) is 0 Å². The quantitative estimate of drug-likeness (QED) is 0.771. The molecule has 3 rings (SSSR count). The molecule has 2 aliphatic heterocycles. The molecule has 5 nitrogen and oxygen atoms in total. The van der Waals surface area contributed by atoms with Crippen LogP contribution in [0.3, 0.4) is 0 Å². The van der Waals surface area contributed by atoms with Gasteiger partial charge in [0.25, 0.3) is 0 Å². The molecule has 1 fully saturated rings. The average molecular weight is 220 g/mol. The first-order valence-corrected chi connectivity index (χ1v) is 5.15. The Morgan fingerprint density at radius 1 is 1.38 bits per heavy atom. The van der Waals surface area contributed by atoms with Crippen LogP contribution in [0.1, 0.15) is 11.6 Å². The number of likely N-dealkylation sites (N-methyl/N-ethyl adjacent to an activating group) is 1. The summed E-state index contributed by atoms with van der Waals surface area (Å²) >= 11 is 0. The van der Waals surface area contributed by atoms with E-state index < -0.39 is 0 Å². The lowest BCUT2D eigenvalue weighted by Crippen LogP contribution is -2.23. The van der Waals surface area contributed by atoms with Gasteiger partial charge >= 0.3 is 6.03 Å². The maximum atomic E-state index is 11.4. The summed E-state index contributed by atoms with van der Waals surface area (Å²) in [4.78, 5) is 13.0. The predicted molar refractivity (Wildman–Crippen MR) is 56.5 cm³/mol. The molecule has 2 amide bonds. The molecule has 1 aromatic rings. The fourth-order valence-corrected chi connectivity index (χ4v) is 1.98. The largest absolute Gasteiger partial charge is 0.454 e. The third-order valence-corrected chi connectivity index (χ3v) is 2.90. The van der Waals surface area contributed by atoms with E-state index in [0.717, 1.165) is 17.1 Å². The molecule has 0 spiro atoms. The van der Waals surface area contributed by atoms with Crippen LogP contribution in [-0.4, -0.2) is 31.3 Å². The van der Waals surface area contributed by atoms with Gasteiger partial charge in [0, 0.05) is 13.6 Å². The normalized spacial score (nSPS) is 22.4. The lowest BCUT2D eigenvalue weighted by atomic mass is 10.1. The van der Waals surface area contributed by atoms with Crippen molar-refractivity contribution in [2.45, 2.75) is 6.04 Å². The smallest absolute Gasteiger partial charge is 0.317 e. The second-order valence-electron chi connectivity index (χ2n) is 4.00. The van der Waals surface area contributed by atoms with Crippen molar-refractivity contribution in [3.63, 3.8) is 0 Å². The summed E-state index contributed by atoms with van der Waals surface area (Å²) in [5.41, 5.74) is 1.04. The SMILES string of the molecule is CN1CC(c2ccc3c(c2)OCO3)NC1=O. The molecular weight excluding hydrogens is 208 g/mol. The Morgan fingerprint density at radius 2 is 2.19 bits per heavy atom. The molecule has 84 valence electrons. The van der Waals surface area contributed by atoms with Crippen LogP contribution in [-0.2, 0) is 0 Å². The van der Waals surface area contributed by atoms with Gasteiger partial charge in [0.1, 0.15) is 0 Å². The van der Waals surface area contributed by atoms with E-state index in [-0.39, 0.29) is 18.9 Å². The first kappa shape index (κ1) is 9.33. The van der Waals surface area contributed by atoms with Crippen LogP contribution in [0.15, 0.2) is 18.2 Å². The van der Waals surface area contributed by atoms with E-state index in [2.05, 4.69) is 5.32 Å². The number of urea groups is 1. The summed E-state index contributed by atoms with van der Waals surface area (Å²) in [5, 5.41) is 2.90. The highest BCUT2D eigenvalue weighted by Gasteiger charge is 2.28. The average Bonchev–Trinajstić information content (AvgIpc) is 2.85. The number of hydrogen-bond donors (Lipinski definition) is 1. The van der Waals surface area contributed by atoms with E-state index in [1.54, 1.807) is 11.9 Å². The molecule has 1 saturated heterocycles. The number of carbonyl (C=O) groups is 1. The fourth-order valence-electron chi connectivity index (χ4n) is 1.98. The first-order valence-electron chi connectivity index (χ1n) is 5.15. The van der Waals surface area contributed by atoms with Gasteiger partial charge < -0.3 is 19.7 Å². The molecule has 5 heteroatoms. The fraction of sp³-hybridized carbons (Fsp3) is 0.364. The maximum absolute atomic E-state index is 11.4. The van der Waals surface area contributed by atoms with Crippen molar-refractivity contribution in [2.75, 3.05) is 20.4 Å². The molecule has 2 aliphatic rings. The van der Waals surface area contributed by atoms with Crippen LogP contribution < -0.4 is 14.8 Å². The highest BCUT2D eigenvalue weighted by atomic mass is 16.7. The summed E-state index contributed by atoms with van der Waals surface area (Å²) in [6.45, 7) is 0.953. The zero-order valence-corrected chi connectivity index (χ0v) is 8.90. The summed E-state index contributed by atoms with van der Waals surface area (Å²) < 4.78 is 10.5. The molecule has 2 heterocycles. The van der Waals surface area contributed by atoms with E-state index in [9.17, 15) is 4.79 Å². The van der Waals surface area contributed by atoms with Gasteiger partial charge in [-0.1, -0.05) is 6.07 Å². The molecule has 1 N–H and O–H groups in total. The summed E-state index contributed by atoms with van der Waals surface area (Å²) in [6.07, 6.45) is 0. The van der Waals surface area contributed by atoms with Gasteiger partial charge in [-0.2, -0.15) is 0 Å². The van der Waals surface area contributed by atoms with Crippen LogP contribution in [0, 0.1) is 0 Å². The Kier molecular flexibility index (Phi) is 1.92. The van der Waals surface area contributed by atoms with Gasteiger partial charge in [-0.05, 0) is 17.7 Å². The van der Waals surface area contributed by atoms with Gasteiger partial charge in [0.15, 0.2) is 11.5 Å². The minimum Gasteiger partial charge on any atom is -0.454 e. The molecule has 0 aliphatic carbocycles. The van der Waals surface area contributed by atoms with Crippen molar-refractivity contribution in [3.05, 3.63) is 23.8 Å². The topological polar surface area (TPSA) is 50.8 Å². The number of amides is 2. The second kappa shape index (κ2) is 3.30. The van der Waals surface area contributed by atoms with E-state index in [0.29, 0.717) is 6.54 Å². The number of hydrogen-bond acceptors (Lipinski definition) is 3. The number of nitrogens with zero attached hydrogens (tertiary/aromatic N) is 1. The van der Waals surface area contributed by atoms with E-state index in [4.69, 9.17) is 9.47 Å². The Balaban J connectivity index is 1.88. The second-order valence-corrected chi connectivity index (χ2v) is 4.00. The van der Waals surface area contributed by atoms with Crippen LogP contribution in [0.5, 0.6) is 11.5 Å². The van der Waals surface area contributed by atoms with Crippen molar-refractivity contribution in [3.8, 4) is 11.5 Å². The molecule has 16 heavy (non-hydrogen) atoms. The van der Waals surface area contributed by atoms with Gasteiger partial charge in [0.2, 0.25) is 6.79 Å². The summed E-state index contributed by atoms with van der Waals surface area (Å²) in [5.74, 6) is 1.52. The zero-order chi connectivity index (χ0) is 11.1. The Bertz CT molecular complexity index is 447. The van der Waals surface area contributed by atoms with Crippen LogP contribution in [0.4, 0.5) is 4.79 Å². The molecule has 0 aromatic heterocycles. The molecule has 0 radical (unpaired) electrons. The highest BCUT2D eigenvalue weighted by Crippen LogP contribution is 2.34. The van der Waals surface area contributed by atoms with Crippen LogP contribution in [0.2, 0.25) is 0 Å². The predicted octanol–water partition coefficient (Wildman–Crippen LogP) is 1.11. The molecule has 0 saturated carbocycles. The lowest BCUT2D eigenvalue weighted by Gasteiger charge is -2.10. The highest BCUT2D eigenvalue weighted by molar-refractivity contribution is 5.77. The van der Waals surface area contributed by atoms with Crippen molar-refractivity contribution < 1.29 is 14.3 Å². The number of benzene rings is 1.